The minimum Gasteiger partial charge on any atom is -0.497 e. The number of aromatic nitrogens is 3. The quantitative estimate of drug-likeness (QED) is 0.505. The summed E-state index contributed by atoms with van der Waals surface area (Å²) in [5.41, 5.74) is 3.49. The first-order valence-electron chi connectivity index (χ1n) is 9.50. The molecule has 4 rings (SSSR count). The number of imidazole rings is 1. The first kappa shape index (κ1) is 19.8. The van der Waals surface area contributed by atoms with Crippen molar-refractivity contribution in [2.75, 3.05) is 7.11 Å². The van der Waals surface area contributed by atoms with E-state index >= 15 is 0 Å². The van der Waals surface area contributed by atoms with Crippen molar-refractivity contribution in [1.29, 1.82) is 0 Å². The predicted octanol–water partition coefficient (Wildman–Crippen LogP) is 4.38. The fraction of sp³-hybridized carbons (Fsp3) is 0.174. The minimum atomic E-state index is -0.409. The molecule has 0 radical (unpaired) electrons. The summed E-state index contributed by atoms with van der Waals surface area (Å²) in [5, 5.41) is 5.69. The van der Waals surface area contributed by atoms with Gasteiger partial charge in [0.25, 0.3) is 5.91 Å². The molecule has 2 aromatic carbocycles. The summed E-state index contributed by atoms with van der Waals surface area (Å²) in [7, 11) is 3.53. The highest BCUT2D eigenvalue weighted by molar-refractivity contribution is 7.13. The lowest BCUT2D eigenvalue weighted by atomic mass is 10.1. The van der Waals surface area contributed by atoms with Crippen LogP contribution >= 0.6 is 11.3 Å². The largest absolute Gasteiger partial charge is 0.497 e. The number of carbonyl (C=O) groups excluding carboxylic acids is 1. The number of aryl methyl sites for hydroxylation is 2. The molecule has 0 aliphatic carbocycles. The number of hydrogen-bond donors (Lipinski definition) is 1. The van der Waals surface area contributed by atoms with Crippen molar-refractivity contribution in [3.05, 3.63) is 88.9 Å². The van der Waals surface area contributed by atoms with E-state index in [0.29, 0.717) is 5.69 Å². The third kappa shape index (κ3) is 4.11. The Morgan fingerprint density at radius 1 is 1.13 bits per heavy atom. The molecule has 0 aliphatic rings. The second kappa shape index (κ2) is 8.51. The number of carbonyl (C=O) groups is 1. The van der Waals surface area contributed by atoms with Crippen molar-refractivity contribution in [3.63, 3.8) is 0 Å². The number of methoxy groups -OCH3 is 1. The Kier molecular flexibility index (Phi) is 5.63. The number of hydrogen-bond acceptors (Lipinski definition) is 5. The summed E-state index contributed by atoms with van der Waals surface area (Å²) in [6, 6.07) is 15.3. The standard InChI is InChI=1S/C23H22N4O2S/c1-15-4-6-17(7-5-15)23-25-19(14-30-23)22(28)26-20(21-24-12-13-27(21)2)16-8-10-18(29-3)11-9-16/h4-14,20H,1-3H3,(H,26,28). The van der Waals surface area contributed by atoms with Crippen LogP contribution in [0.3, 0.4) is 0 Å². The van der Waals surface area contributed by atoms with Gasteiger partial charge in [-0.2, -0.15) is 0 Å². The van der Waals surface area contributed by atoms with Gasteiger partial charge in [-0.25, -0.2) is 9.97 Å². The Hall–Kier alpha value is -3.45. The van der Waals surface area contributed by atoms with Crippen molar-refractivity contribution in [2.24, 2.45) is 7.05 Å². The summed E-state index contributed by atoms with van der Waals surface area (Å²) in [5.74, 6) is 1.25. The first-order valence-corrected chi connectivity index (χ1v) is 10.4. The molecule has 0 bridgehead atoms. The second-order valence-corrected chi connectivity index (χ2v) is 7.84. The molecule has 1 unspecified atom stereocenters. The SMILES string of the molecule is COc1ccc(C(NC(=O)c2csc(-c3ccc(C)cc3)n2)c2nccn2C)cc1. The molecule has 152 valence electrons. The maximum absolute atomic E-state index is 13.0. The van der Waals surface area contributed by atoms with Crippen molar-refractivity contribution in [2.45, 2.75) is 13.0 Å². The molecular weight excluding hydrogens is 396 g/mol. The number of amides is 1. The van der Waals surface area contributed by atoms with Gasteiger partial charge in [-0.05, 0) is 24.6 Å². The molecule has 30 heavy (non-hydrogen) atoms. The van der Waals surface area contributed by atoms with E-state index in [-0.39, 0.29) is 5.91 Å². The second-order valence-electron chi connectivity index (χ2n) is 6.98. The van der Waals surface area contributed by atoms with Crippen LogP contribution in [0.15, 0.2) is 66.3 Å². The van der Waals surface area contributed by atoms with E-state index in [1.54, 1.807) is 18.7 Å². The van der Waals surface area contributed by atoms with Crippen LogP contribution in [0.2, 0.25) is 0 Å². The highest BCUT2D eigenvalue weighted by atomic mass is 32.1. The third-order valence-corrected chi connectivity index (χ3v) is 5.77. The Morgan fingerprint density at radius 3 is 2.50 bits per heavy atom. The zero-order chi connectivity index (χ0) is 21.1. The smallest absolute Gasteiger partial charge is 0.271 e. The van der Waals surface area contributed by atoms with Crippen LogP contribution < -0.4 is 10.1 Å². The maximum atomic E-state index is 13.0. The lowest BCUT2D eigenvalue weighted by Gasteiger charge is -2.19. The summed E-state index contributed by atoms with van der Waals surface area (Å²) in [4.78, 5) is 22.0. The molecule has 2 heterocycles. The van der Waals surface area contributed by atoms with E-state index in [0.717, 1.165) is 27.7 Å². The van der Waals surface area contributed by atoms with Gasteiger partial charge in [0.1, 0.15) is 28.3 Å². The summed E-state index contributed by atoms with van der Waals surface area (Å²) in [6.45, 7) is 2.04. The zero-order valence-electron chi connectivity index (χ0n) is 17.0. The van der Waals surface area contributed by atoms with Gasteiger partial charge < -0.3 is 14.6 Å². The molecule has 4 aromatic rings. The van der Waals surface area contributed by atoms with E-state index in [2.05, 4.69) is 15.3 Å². The molecule has 1 atom stereocenters. The Balaban J connectivity index is 1.60. The van der Waals surface area contributed by atoms with Crippen LogP contribution in [-0.2, 0) is 7.05 Å². The van der Waals surface area contributed by atoms with Crippen molar-refractivity contribution < 1.29 is 9.53 Å². The summed E-state index contributed by atoms with van der Waals surface area (Å²) >= 11 is 1.46. The molecule has 0 spiro atoms. The normalized spacial score (nSPS) is 11.8. The number of thiazole rings is 1. The van der Waals surface area contributed by atoms with Gasteiger partial charge in [0.15, 0.2) is 0 Å². The molecule has 1 N–H and O–H groups in total. The van der Waals surface area contributed by atoms with Gasteiger partial charge in [0.2, 0.25) is 0 Å². The number of ether oxygens (including phenoxy) is 1. The zero-order valence-corrected chi connectivity index (χ0v) is 17.8. The van der Waals surface area contributed by atoms with Crippen molar-refractivity contribution in [3.8, 4) is 16.3 Å². The van der Waals surface area contributed by atoms with Gasteiger partial charge >= 0.3 is 0 Å². The highest BCUT2D eigenvalue weighted by Gasteiger charge is 2.23. The highest BCUT2D eigenvalue weighted by Crippen LogP contribution is 2.26. The number of nitrogens with one attached hydrogen (secondary N) is 1. The monoisotopic (exact) mass is 418 g/mol. The van der Waals surface area contributed by atoms with Crippen LogP contribution in [0.1, 0.15) is 33.5 Å². The van der Waals surface area contributed by atoms with Gasteiger partial charge in [-0.1, -0.05) is 42.0 Å². The summed E-state index contributed by atoms with van der Waals surface area (Å²) in [6.07, 6.45) is 3.58. The van der Waals surface area contributed by atoms with Crippen LogP contribution in [0.4, 0.5) is 0 Å². The van der Waals surface area contributed by atoms with Crippen molar-refractivity contribution in [1.82, 2.24) is 19.9 Å². The predicted molar refractivity (Wildman–Crippen MR) is 118 cm³/mol. The van der Waals surface area contributed by atoms with E-state index in [4.69, 9.17) is 4.74 Å². The van der Waals surface area contributed by atoms with Crippen LogP contribution in [0.5, 0.6) is 5.75 Å². The lowest BCUT2D eigenvalue weighted by Crippen LogP contribution is -2.31. The third-order valence-electron chi connectivity index (χ3n) is 4.88. The molecule has 0 aliphatic heterocycles. The van der Waals surface area contributed by atoms with Crippen molar-refractivity contribution >= 4 is 17.2 Å². The topological polar surface area (TPSA) is 69.0 Å². The first-order chi connectivity index (χ1) is 14.5. The maximum Gasteiger partial charge on any atom is 0.271 e. The fourth-order valence-corrected chi connectivity index (χ4v) is 3.97. The molecule has 0 saturated carbocycles. The number of benzene rings is 2. The van der Waals surface area contributed by atoms with E-state index in [9.17, 15) is 4.79 Å². The Morgan fingerprint density at radius 2 is 1.87 bits per heavy atom. The number of rotatable bonds is 6. The van der Waals surface area contributed by atoms with Crippen LogP contribution in [-0.4, -0.2) is 27.6 Å². The average molecular weight is 419 g/mol. The molecule has 6 nitrogen and oxygen atoms in total. The van der Waals surface area contributed by atoms with Gasteiger partial charge in [0.05, 0.1) is 7.11 Å². The van der Waals surface area contributed by atoms with Crippen LogP contribution in [0.25, 0.3) is 10.6 Å². The minimum absolute atomic E-state index is 0.242. The summed E-state index contributed by atoms with van der Waals surface area (Å²) < 4.78 is 7.15. The van der Waals surface area contributed by atoms with E-state index < -0.39 is 6.04 Å². The molecule has 0 saturated heterocycles. The van der Waals surface area contributed by atoms with Gasteiger partial charge in [-0.15, -0.1) is 11.3 Å². The van der Waals surface area contributed by atoms with E-state index in [1.807, 2.05) is 73.3 Å². The molecule has 0 fully saturated rings. The van der Waals surface area contributed by atoms with Gasteiger partial charge in [0, 0.05) is 30.4 Å². The average Bonchev–Trinajstić information content (AvgIpc) is 3.42. The number of nitrogens with zero attached hydrogens (tertiary/aromatic N) is 3. The lowest BCUT2D eigenvalue weighted by molar-refractivity contribution is 0.0937. The fourth-order valence-electron chi connectivity index (χ4n) is 3.16. The van der Waals surface area contributed by atoms with Crippen LogP contribution in [0, 0.1) is 6.92 Å². The molecule has 2 aromatic heterocycles. The molecule has 7 heteroatoms. The Bertz CT molecular complexity index is 1150. The molecule has 1 amide bonds. The Labute approximate surface area is 179 Å². The molecular formula is C23H22N4O2S. The van der Waals surface area contributed by atoms with E-state index in [1.165, 1.54) is 16.9 Å². The van der Waals surface area contributed by atoms with Gasteiger partial charge in [-0.3, -0.25) is 4.79 Å².